The van der Waals surface area contributed by atoms with E-state index in [-0.39, 0.29) is 6.61 Å². The first-order valence-electron chi connectivity index (χ1n) is 4.48. The van der Waals surface area contributed by atoms with Gasteiger partial charge in [0.15, 0.2) is 0 Å². The summed E-state index contributed by atoms with van der Waals surface area (Å²) < 4.78 is 0. The van der Waals surface area contributed by atoms with E-state index in [1.807, 2.05) is 0 Å². The highest BCUT2D eigenvalue weighted by Crippen LogP contribution is 2.28. The molecule has 2 nitrogen and oxygen atoms in total. The van der Waals surface area contributed by atoms with E-state index in [9.17, 15) is 5.11 Å². The molecular formula is C10H16O2S. The minimum Gasteiger partial charge on any atom is -0.394 e. The van der Waals surface area contributed by atoms with Crippen LogP contribution in [0.15, 0.2) is 11.4 Å². The Hall–Kier alpha value is -0.380. The number of aliphatic hydroxyl groups is 2. The van der Waals surface area contributed by atoms with Gasteiger partial charge in [-0.25, -0.2) is 0 Å². The first kappa shape index (κ1) is 10.7. The third-order valence-corrected chi connectivity index (χ3v) is 3.44. The SMILES string of the molecule is Cc1ccsc1C(C)CC(O)CO. The maximum Gasteiger partial charge on any atom is 0.0776 e. The van der Waals surface area contributed by atoms with E-state index in [0.29, 0.717) is 12.3 Å². The molecule has 2 N–H and O–H groups in total. The lowest BCUT2D eigenvalue weighted by atomic mass is 10.00. The van der Waals surface area contributed by atoms with Crippen LogP contribution < -0.4 is 0 Å². The Morgan fingerprint density at radius 1 is 1.54 bits per heavy atom. The molecule has 0 aliphatic heterocycles. The number of aryl methyl sites for hydroxylation is 1. The van der Waals surface area contributed by atoms with Gasteiger partial charge in [-0.3, -0.25) is 0 Å². The Labute approximate surface area is 82.8 Å². The van der Waals surface area contributed by atoms with Crippen molar-refractivity contribution in [2.45, 2.75) is 32.3 Å². The van der Waals surface area contributed by atoms with E-state index < -0.39 is 6.10 Å². The summed E-state index contributed by atoms with van der Waals surface area (Å²) in [5, 5.41) is 20.0. The normalized spacial score (nSPS) is 15.7. The predicted octanol–water partition coefficient (Wildman–Crippen LogP) is 1.90. The zero-order valence-electron chi connectivity index (χ0n) is 8.03. The van der Waals surface area contributed by atoms with Crippen LogP contribution in [-0.2, 0) is 0 Å². The summed E-state index contributed by atoms with van der Waals surface area (Å²) in [6.07, 6.45) is 0.0502. The van der Waals surface area contributed by atoms with E-state index in [0.717, 1.165) is 0 Å². The van der Waals surface area contributed by atoms with E-state index in [1.165, 1.54) is 10.4 Å². The molecule has 1 aromatic rings. The van der Waals surface area contributed by atoms with Gasteiger partial charge in [-0.1, -0.05) is 6.92 Å². The number of hydrogen-bond acceptors (Lipinski definition) is 3. The van der Waals surface area contributed by atoms with Crippen molar-refractivity contribution in [3.8, 4) is 0 Å². The Kier molecular flexibility index (Phi) is 3.90. The van der Waals surface area contributed by atoms with Crippen molar-refractivity contribution in [1.82, 2.24) is 0 Å². The molecule has 74 valence electrons. The van der Waals surface area contributed by atoms with Crippen LogP contribution in [0.25, 0.3) is 0 Å². The van der Waals surface area contributed by atoms with Crippen molar-refractivity contribution >= 4 is 11.3 Å². The maximum absolute atomic E-state index is 9.27. The zero-order valence-corrected chi connectivity index (χ0v) is 8.84. The van der Waals surface area contributed by atoms with Gasteiger partial charge in [0.1, 0.15) is 0 Å². The van der Waals surface area contributed by atoms with Gasteiger partial charge in [-0.2, -0.15) is 0 Å². The number of hydrogen-bond donors (Lipinski definition) is 2. The highest BCUT2D eigenvalue weighted by atomic mass is 32.1. The second kappa shape index (κ2) is 4.74. The zero-order chi connectivity index (χ0) is 9.84. The highest BCUT2D eigenvalue weighted by molar-refractivity contribution is 7.10. The van der Waals surface area contributed by atoms with Crippen molar-refractivity contribution in [1.29, 1.82) is 0 Å². The summed E-state index contributed by atoms with van der Waals surface area (Å²) in [6.45, 7) is 4.01. The highest BCUT2D eigenvalue weighted by Gasteiger charge is 2.13. The molecule has 0 aliphatic rings. The minimum atomic E-state index is -0.587. The molecule has 0 amide bonds. The topological polar surface area (TPSA) is 40.5 Å². The summed E-state index contributed by atoms with van der Waals surface area (Å²) >= 11 is 1.72. The third kappa shape index (κ3) is 2.79. The molecule has 1 rings (SSSR count). The Morgan fingerprint density at radius 3 is 2.69 bits per heavy atom. The fraction of sp³-hybridized carbons (Fsp3) is 0.600. The molecule has 0 saturated heterocycles. The standard InChI is InChI=1S/C10H16O2S/c1-7-3-4-13-10(7)8(2)5-9(12)6-11/h3-4,8-9,11-12H,5-6H2,1-2H3. The Balaban J connectivity index is 2.58. The van der Waals surface area contributed by atoms with Crippen molar-refractivity contribution in [2.75, 3.05) is 6.61 Å². The smallest absolute Gasteiger partial charge is 0.0776 e. The lowest BCUT2D eigenvalue weighted by molar-refractivity contribution is 0.0837. The lowest BCUT2D eigenvalue weighted by Gasteiger charge is -2.14. The van der Waals surface area contributed by atoms with Gasteiger partial charge >= 0.3 is 0 Å². The van der Waals surface area contributed by atoms with Crippen molar-refractivity contribution in [3.05, 3.63) is 21.9 Å². The molecule has 0 bridgehead atoms. The van der Waals surface area contributed by atoms with Crippen molar-refractivity contribution in [2.24, 2.45) is 0 Å². The fourth-order valence-electron chi connectivity index (χ4n) is 1.48. The quantitative estimate of drug-likeness (QED) is 0.779. The van der Waals surface area contributed by atoms with Crippen LogP contribution >= 0.6 is 11.3 Å². The molecule has 3 heteroatoms. The molecular weight excluding hydrogens is 184 g/mol. The first-order chi connectivity index (χ1) is 6.15. The Bertz CT molecular complexity index is 257. The largest absolute Gasteiger partial charge is 0.394 e. The van der Waals surface area contributed by atoms with Gasteiger partial charge in [-0.05, 0) is 36.3 Å². The lowest BCUT2D eigenvalue weighted by Crippen LogP contribution is -2.14. The summed E-state index contributed by atoms with van der Waals surface area (Å²) in [4.78, 5) is 1.31. The van der Waals surface area contributed by atoms with Crippen molar-refractivity contribution < 1.29 is 10.2 Å². The Morgan fingerprint density at radius 2 is 2.23 bits per heavy atom. The molecule has 13 heavy (non-hydrogen) atoms. The van der Waals surface area contributed by atoms with Gasteiger partial charge in [0.05, 0.1) is 12.7 Å². The average molecular weight is 200 g/mol. The summed E-state index contributed by atoms with van der Waals surface area (Å²) in [5.41, 5.74) is 1.28. The van der Waals surface area contributed by atoms with Crippen LogP contribution in [-0.4, -0.2) is 22.9 Å². The molecule has 2 unspecified atom stereocenters. The maximum atomic E-state index is 9.27. The van der Waals surface area contributed by atoms with Gasteiger partial charge in [0.2, 0.25) is 0 Å². The molecule has 0 fully saturated rings. The fourth-order valence-corrected chi connectivity index (χ4v) is 2.48. The first-order valence-corrected chi connectivity index (χ1v) is 5.36. The average Bonchev–Trinajstić information content (AvgIpc) is 2.51. The molecule has 0 spiro atoms. The van der Waals surface area contributed by atoms with Crippen LogP contribution in [0.1, 0.15) is 29.7 Å². The van der Waals surface area contributed by atoms with E-state index in [1.54, 1.807) is 11.3 Å². The number of aliphatic hydroxyl groups excluding tert-OH is 2. The van der Waals surface area contributed by atoms with Gasteiger partial charge < -0.3 is 10.2 Å². The molecule has 1 aromatic heterocycles. The van der Waals surface area contributed by atoms with Crippen LogP contribution in [0.2, 0.25) is 0 Å². The summed E-state index contributed by atoms with van der Waals surface area (Å²) in [6, 6.07) is 2.09. The molecule has 0 radical (unpaired) electrons. The molecule has 2 atom stereocenters. The van der Waals surface area contributed by atoms with Gasteiger partial charge in [0, 0.05) is 4.88 Å². The van der Waals surface area contributed by atoms with Gasteiger partial charge in [0.25, 0.3) is 0 Å². The molecule has 0 aliphatic carbocycles. The van der Waals surface area contributed by atoms with Crippen LogP contribution in [0, 0.1) is 6.92 Å². The third-order valence-electron chi connectivity index (χ3n) is 2.19. The van der Waals surface area contributed by atoms with E-state index >= 15 is 0 Å². The summed E-state index contributed by atoms with van der Waals surface area (Å²) in [5.74, 6) is 0.335. The van der Waals surface area contributed by atoms with E-state index in [4.69, 9.17) is 5.11 Å². The number of thiophene rings is 1. The van der Waals surface area contributed by atoms with Crippen molar-refractivity contribution in [3.63, 3.8) is 0 Å². The molecule has 1 heterocycles. The minimum absolute atomic E-state index is 0.144. The second-order valence-corrected chi connectivity index (χ2v) is 4.39. The number of rotatable bonds is 4. The molecule has 0 aromatic carbocycles. The van der Waals surface area contributed by atoms with Gasteiger partial charge in [-0.15, -0.1) is 11.3 Å². The monoisotopic (exact) mass is 200 g/mol. The second-order valence-electron chi connectivity index (χ2n) is 3.44. The van der Waals surface area contributed by atoms with Crippen LogP contribution in [0.5, 0.6) is 0 Å². The summed E-state index contributed by atoms with van der Waals surface area (Å²) in [7, 11) is 0. The molecule has 0 saturated carbocycles. The predicted molar refractivity (Wildman–Crippen MR) is 55.2 cm³/mol. The van der Waals surface area contributed by atoms with Crippen LogP contribution in [0.3, 0.4) is 0 Å². The van der Waals surface area contributed by atoms with E-state index in [2.05, 4.69) is 25.3 Å². The van der Waals surface area contributed by atoms with Crippen LogP contribution in [0.4, 0.5) is 0 Å².